The van der Waals surface area contributed by atoms with E-state index in [1.807, 2.05) is 54.0 Å². The minimum Gasteiger partial charge on any atom is -0.492 e. The highest BCUT2D eigenvalue weighted by molar-refractivity contribution is 7.98. The van der Waals surface area contributed by atoms with Crippen molar-refractivity contribution >= 4 is 23.5 Å². The quantitative estimate of drug-likeness (QED) is 0.812. The van der Waals surface area contributed by atoms with E-state index in [-0.39, 0.29) is 11.9 Å². The van der Waals surface area contributed by atoms with Crippen LogP contribution >= 0.6 is 11.8 Å². The number of likely N-dealkylation sites (tertiary alicyclic amines) is 1. The molecule has 0 saturated carbocycles. The van der Waals surface area contributed by atoms with E-state index in [4.69, 9.17) is 4.74 Å². The first kappa shape index (κ1) is 18.6. The molecule has 0 bridgehead atoms. The van der Waals surface area contributed by atoms with Crippen LogP contribution < -0.4 is 10.1 Å². The summed E-state index contributed by atoms with van der Waals surface area (Å²) in [6.07, 6.45) is 3.95. The predicted molar refractivity (Wildman–Crippen MR) is 103 cm³/mol. The molecule has 0 radical (unpaired) electrons. The lowest BCUT2D eigenvalue weighted by molar-refractivity contribution is 0.190. The maximum Gasteiger partial charge on any atom is 0.321 e. The summed E-state index contributed by atoms with van der Waals surface area (Å²) in [4.78, 5) is 14.6. The molecule has 1 N–H and O–H groups in total. The van der Waals surface area contributed by atoms with E-state index in [1.54, 1.807) is 11.8 Å². The molecular formula is C18H25N5O2S. The number of hydrogen-bond acceptors (Lipinski definition) is 5. The fraction of sp³-hybridized carbons (Fsp3) is 0.500. The second-order valence-corrected chi connectivity index (χ2v) is 7.02. The Bertz CT molecular complexity index is 764. The van der Waals surface area contributed by atoms with Gasteiger partial charge in [0.05, 0.1) is 12.3 Å². The number of urea groups is 1. The minimum atomic E-state index is -0.103. The number of carbonyl (C=O) groups is 1. The van der Waals surface area contributed by atoms with Crippen LogP contribution in [-0.2, 0) is 7.05 Å². The Morgan fingerprint density at radius 1 is 1.38 bits per heavy atom. The topological polar surface area (TPSA) is 72.3 Å². The number of aromatic nitrogens is 3. The van der Waals surface area contributed by atoms with Gasteiger partial charge in [-0.25, -0.2) is 4.79 Å². The maximum atomic E-state index is 12.8. The number of rotatable bonds is 5. The standard InChI is InChI=1S/C18H25N5O2S/c1-4-25-15-10-6-5-9-14(15)19-17(24)23-11-7-8-13(12-23)16-20-21-18(26-3)22(16)2/h5-6,9-10,13H,4,7-8,11-12H2,1-3H3,(H,19,24). The number of anilines is 1. The van der Waals surface area contributed by atoms with Gasteiger partial charge in [-0.05, 0) is 38.2 Å². The molecule has 1 atom stereocenters. The summed E-state index contributed by atoms with van der Waals surface area (Å²) in [5.41, 5.74) is 0.699. The number of carbonyl (C=O) groups excluding carboxylic acids is 1. The van der Waals surface area contributed by atoms with Gasteiger partial charge in [-0.15, -0.1) is 10.2 Å². The first-order valence-corrected chi connectivity index (χ1v) is 10.1. The van der Waals surface area contributed by atoms with Crippen molar-refractivity contribution < 1.29 is 9.53 Å². The van der Waals surface area contributed by atoms with Gasteiger partial charge in [0.1, 0.15) is 11.6 Å². The molecule has 2 aromatic rings. The molecular weight excluding hydrogens is 350 g/mol. The molecule has 8 heteroatoms. The number of nitrogens with zero attached hydrogens (tertiary/aromatic N) is 4. The van der Waals surface area contributed by atoms with Crippen molar-refractivity contribution in [3.8, 4) is 5.75 Å². The highest BCUT2D eigenvalue weighted by Crippen LogP contribution is 2.29. The van der Waals surface area contributed by atoms with Crippen LogP contribution in [0.1, 0.15) is 31.5 Å². The smallest absolute Gasteiger partial charge is 0.321 e. The number of piperidine rings is 1. The summed E-state index contributed by atoms with van der Waals surface area (Å²) in [6, 6.07) is 7.41. The van der Waals surface area contributed by atoms with E-state index in [2.05, 4.69) is 15.5 Å². The zero-order valence-electron chi connectivity index (χ0n) is 15.4. The van der Waals surface area contributed by atoms with Gasteiger partial charge in [-0.3, -0.25) is 0 Å². The van der Waals surface area contributed by atoms with E-state index < -0.39 is 0 Å². The van der Waals surface area contributed by atoms with Crippen LogP contribution in [0.5, 0.6) is 5.75 Å². The third-order valence-corrected chi connectivity index (χ3v) is 5.27. The molecule has 7 nitrogen and oxygen atoms in total. The van der Waals surface area contributed by atoms with Crippen LogP contribution in [0.15, 0.2) is 29.4 Å². The summed E-state index contributed by atoms with van der Waals surface area (Å²) in [5, 5.41) is 12.4. The van der Waals surface area contributed by atoms with Crippen molar-refractivity contribution in [2.45, 2.75) is 30.8 Å². The highest BCUT2D eigenvalue weighted by atomic mass is 32.2. The summed E-state index contributed by atoms with van der Waals surface area (Å²) in [7, 11) is 1.98. The fourth-order valence-corrected chi connectivity index (χ4v) is 3.77. The third kappa shape index (κ3) is 3.95. The van der Waals surface area contributed by atoms with Gasteiger partial charge in [-0.1, -0.05) is 23.9 Å². The number of para-hydroxylation sites is 2. The van der Waals surface area contributed by atoms with Gasteiger partial charge in [-0.2, -0.15) is 0 Å². The zero-order chi connectivity index (χ0) is 18.5. The second-order valence-electron chi connectivity index (χ2n) is 6.25. The van der Waals surface area contributed by atoms with E-state index >= 15 is 0 Å². The summed E-state index contributed by atoms with van der Waals surface area (Å²) < 4.78 is 7.62. The summed E-state index contributed by atoms with van der Waals surface area (Å²) >= 11 is 1.58. The summed E-state index contributed by atoms with van der Waals surface area (Å²) in [6.45, 7) is 3.87. The van der Waals surface area contributed by atoms with E-state index in [9.17, 15) is 4.79 Å². The molecule has 0 aliphatic carbocycles. The molecule has 1 unspecified atom stereocenters. The largest absolute Gasteiger partial charge is 0.492 e. The minimum absolute atomic E-state index is 0.103. The van der Waals surface area contributed by atoms with Crippen molar-refractivity contribution in [1.29, 1.82) is 0 Å². The lowest BCUT2D eigenvalue weighted by Crippen LogP contribution is -2.42. The predicted octanol–water partition coefficient (Wildman–Crippen LogP) is 3.35. The molecule has 2 amide bonds. The number of hydrogen-bond donors (Lipinski definition) is 1. The first-order chi connectivity index (χ1) is 12.6. The van der Waals surface area contributed by atoms with Crippen LogP contribution in [0.3, 0.4) is 0 Å². The van der Waals surface area contributed by atoms with Gasteiger partial charge in [0, 0.05) is 26.1 Å². The number of thioether (sulfide) groups is 1. The van der Waals surface area contributed by atoms with Crippen LogP contribution in [0.25, 0.3) is 0 Å². The Morgan fingerprint density at radius 2 is 2.19 bits per heavy atom. The number of ether oxygens (including phenoxy) is 1. The molecule has 0 spiro atoms. The first-order valence-electron chi connectivity index (χ1n) is 8.85. The van der Waals surface area contributed by atoms with Gasteiger partial charge in [0.15, 0.2) is 5.16 Å². The van der Waals surface area contributed by atoms with Crippen LogP contribution in [0.2, 0.25) is 0 Å². The van der Waals surface area contributed by atoms with Crippen LogP contribution in [0, 0.1) is 0 Å². The molecule has 1 aliphatic rings. The Balaban J connectivity index is 1.69. The Labute approximate surface area is 158 Å². The van der Waals surface area contributed by atoms with E-state index in [1.165, 1.54) is 0 Å². The van der Waals surface area contributed by atoms with Crippen molar-refractivity contribution in [2.75, 3.05) is 31.3 Å². The lowest BCUT2D eigenvalue weighted by Gasteiger charge is -2.32. The van der Waals surface area contributed by atoms with Gasteiger partial charge in [0.25, 0.3) is 0 Å². The Morgan fingerprint density at radius 3 is 2.92 bits per heavy atom. The SMILES string of the molecule is CCOc1ccccc1NC(=O)N1CCCC(c2nnc(SC)n2C)C1. The average Bonchev–Trinajstić information content (AvgIpc) is 3.04. The zero-order valence-corrected chi connectivity index (χ0v) is 16.3. The van der Waals surface area contributed by atoms with Crippen molar-refractivity contribution in [3.05, 3.63) is 30.1 Å². The molecule has 2 heterocycles. The molecule has 1 aromatic heterocycles. The van der Waals surface area contributed by atoms with E-state index in [0.29, 0.717) is 24.6 Å². The molecule has 3 rings (SSSR count). The van der Waals surface area contributed by atoms with Crippen molar-refractivity contribution in [2.24, 2.45) is 7.05 Å². The van der Waals surface area contributed by atoms with Crippen molar-refractivity contribution in [1.82, 2.24) is 19.7 Å². The number of nitrogens with one attached hydrogen (secondary N) is 1. The van der Waals surface area contributed by atoms with E-state index in [0.717, 1.165) is 30.4 Å². The maximum absolute atomic E-state index is 12.8. The summed E-state index contributed by atoms with van der Waals surface area (Å²) in [5.74, 6) is 1.84. The molecule has 26 heavy (non-hydrogen) atoms. The molecule has 1 aromatic carbocycles. The number of amides is 2. The molecule has 140 valence electrons. The Hall–Kier alpha value is -2.22. The Kier molecular flexibility index (Phi) is 6.03. The fourth-order valence-electron chi connectivity index (χ4n) is 3.28. The molecule has 1 aliphatic heterocycles. The molecule has 1 saturated heterocycles. The van der Waals surface area contributed by atoms with Gasteiger partial charge < -0.3 is 19.5 Å². The van der Waals surface area contributed by atoms with Gasteiger partial charge in [0.2, 0.25) is 0 Å². The molecule has 1 fully saturated rings. The average molecular weight is 375 g/mol. The monoisotopic (exact) mass is 375 g/mol. The normalized spacial score (nSPS) is 17.2. The van der Waals surface area contributed by atoms with Gasteiger partial charge >= 0.3 is 6.03 Å². The van der Waals surface area contributed by atoms with Crippen LogP contribution in [-0.4, -0.2) is 51.6 Å². The second kappa shape index (κ2) is 8.44. The van der Waals surface area contributed by atoms with Crippen molar-refractivity contribution in [3.63, 3.8) is 0 Å². The van der Waals surface area contributed by atoms with Crippen LogP contribution in [0.4, 0.5) is 10.5 Å². The number of benzene rings is 1. The third-order valence-electron chi connectivity index (χ3n) is 4.55. The highest BCUT2D eigenvalue weighted by Gasteiger charge is 2.28. The lowest BCUT2D eigenvalue weighted by atomic mass is 9.97.